The normalized spacial score (nSPS) is 16.2. The molecule has 0 saturated carbocycles. The molecule has 1 aliphatic heterocycles. The molecule has 0 aliphatic carbocycles. The fraction of sp³-hybridized carbons (Fsp3) is 0.857. The van der Waals surface area contributed by atoms with Crippen molar-refractivity contribution in [1.29, 1.82) is 0 Å². The van der Waals surface area contributed by atoms with E-state index in [0.717, 1.165) is 6.42 Å². The Labute approximate surface area is 138 Å². The van der Waals surface area contributed by atoms with E-state index < -0.39 is 10.0 Å². The summed E-state index contributed by atoms with van der Waals surface area (Å²) in [6.07, 6.45) is 2.29. The number of piperidine rings is 1. The van der Waals surface area contributed by atoms with Crippen molar-refractivity contribution in [3.63, 3.8) is 0 Å². The third kappa shape index (κ3) is 7.65. The van der Waals surface area contributed by atoms with Gasteiger partial charge in [-0.05, 0) is 26.2 Å². The molecule has 0 aromatic rings. The molecule has 0 aromatic heterocycles. The Morgan fingerprint density at radius 1 is 1.22 bits per heavy atom. The summed E-state index contributed by atoms with van der Waals surface area (Å²) in [5.74, 6) is -0.311. The topological polar surface area (TPSA) is 105 Å². The van der Waals surface area contributed by atoms with Crippen LogP contribution in [0.1, 0.15) is 39.5 Å². The molecule has 1 saturated heterocycles. The van der Waals surface area contributed by atoms with Crippen molar-refractivity contribution in [3.05, 3.63) is 0 Å². The van der Waals surface area contributed by atoms with Crippen LogP contribution in [-0.4, -0.2) is 63.4 Å². The Balaban J connectivity index is 2.27. The maximum atomic E-state index is 11.8. The highest BCUT2D eigenvalue weighted by atomic mass is 32.2. The number of nitrogens with one attached hydrogen (secondary N) is 2. The first-order chi connectivity index (χ1) is 10.9. The van der Waals surface area contributed by atoms with Crippen LogP contribution in [0, 0.1) is 0 Å². The minimum absolute atomic E-state index is 0.0364. The van der Waals surface area contributed by atoms with Gasteiger partial charge in [0.05, 0.1) is 18.9 Å². The number of amides is 2. The molecule has 0 radical (unpaired) electrons. The molecule has 0 atom stereocenters. The highest BCUT2D eigenvalue weighted by Crippen LogP contribution is 2.11. The average molecular weight is 349 g/mol. The highest BCUT2D eigenvalue weighted by molar-refractivity contribution is 7.89. The van der Waals surface area contributed by atoms with Crippen molar-refractivity contribution >= 4 is 22.0 Å². The molecule has 0 bridgehead atoms. The summed E-state index contributed by atoms with van der Waals surface area (Å²) in [6, 6.07) is -0.0478. The number of carbonyl (C=O) groups is 2. The standard InChI is InChI=1S/C14H27N3O5S/c1-3-5-10-23(20,21)15-11-13(18)16-12-6-8-17(9-7-12)14(19)22-4-2/h12,15H,3-11H2,1-2H3,(H,16,18). The molecular formula is C14H27N3O5S. The first-order valence-electron chi connectivity index (χ1n) is 8.06. The molecule has 8 nitrogen and oxygen atoms in total. The zero-order chi connectivity index (χ0) is 17.3. The van der Waals surface area contributed by atoms with Crippen LogP contribution in [0.15, 0.2) is 0 Å². The lowest BCUT2D eigenvalue weighted by atomic mass is 10.1. The van der Waals surface area contributed by atoms with Gasteiger partial charge in [-0.15, -0.1) is 0 Å². The highest BCUT2D eigenvalue weighted by Gasteiger charge is 2.24. The Kier molecular flexibility index (Phi) is 8.32. The van der Waals surface area contributed by atoms with Gasteiger partial charge in [0.1, 0.15) is 0 Å². The molecule has 9 heteroatoms. The zero-order valence-electron chi connectivity index (χ0n) is 13.8. The van der Waals surface area contributed by atoms with Gasteiger partial charge < -0.3 is 15.0 Å². The number of nitrogens with zero attached hydrogens (tertiary/aromatic N) is 1. The van der Waals surface area contributed by atoms with Crippen LogP contribution >= 0.6 is 0 Å². The third-order valence-electron chi connectivity index (χ3n) is 3.61. The van der Waals surface area contributed by atoms with Gasteiger partial charge in [-0.3, -0.25) is 4.79 Å². The number of hydrogen-bond acceptors (Lipinski definition) is 5. The molecule has 2 N–H and O–H groups in total. The van der Waals surface area contributed by atoms with Crippen LogP contribution in [0.4, 0.5) is 4.79 Å². The van der Waals surface area contributed by atoms with E-state index in [-0.39, 0.29) is 30.3 Å². The SMILES string of the molecule is CCCCS(=O)(=O)NCC(=O)NC1CCN(C(=O)OCC)CC1. The van der Waals surface area contributed by atoms with Gasteiger partial charge in [-0.1, -0.05) is 13.3 Å². The second-order valence-corrected chi connectivity index (χ2v) is 7.45. The average Bonchev–Trinajstić information content (AvgIpc) is 2.52. The zero-order valence-corrected chi connectivity index (χ0v) is 14.7. The summed E-state index contributed by atoms with van der Waals surface area (Å²) in [5.41, 5.74) is 0. The van der Waals surface area contributed by atoms with Crippen LogP contribution in [0.3, 0.4) is 0 Å². The smallest absolute Gasteiger partial charge is 0.409 e. The summed E-state index contributed by atoms with van der Waals surface area (Å²) in [4.78, 5) is 25.0. The Morgan fingerprint density at radius 2 is 1.87 bits per heavy atom. The van der Waals surface area contributed by atoms with E-state index in [9.17, 15) is 18.0 Å². The largest absolute Gasteiger partial charge is 0.450 e. The summed E-state index contributed by atoms with van der Waals surface area (Å²) in [5, 5.41) is 2.79. The molecule has 23 heavy (non-hydrogen) atoms. The summed E-state index contributed by atoms with van der Waals surface area (Å²) in [6.45, 7) is 4.80. The lowest BCUT2D eigenvalue weighted by Gasteiger charge is -2.31. The number of likely N-dealkylation sites (tertiary alicyclic amines) is 1. The molecule has 0 unspecified atom stereocenters. The Morgan fingerprint density at radius 3 is 2.43 bits per heavy atom. The first kappa shape index (κ1) is 19.7. The molecule has 0 aromatic carbocycles. The molecule has 1 fully saturated rings. The van der Waals surface area contributed by atoms with Gasteiger partial charge in [0.25, 0.3) is 0 Å². The van der Waals surface area contributed by atoms with E-state index in [1.54, 1.807) is 11.8 Å². The minimum atomic E-state index is -3.39. The van der Waals surface area contributed by atoms with Crippen molar-refractivity contribution in [1.82, 2.24) is 14.9 Å². The molecule has 0 spiro atoms. The molecule has 1 heterocycles. The summed E-state index contributed by atoms with van der Waals surface area (Å²) >= 11 is 0. The molecule has 1 rings (SSSR count). The van der Waals surface area contributed by atoms with Gasteiger partial charge in [-0.2, -0.15) is 0 Å². The molecule has 1 aliphatic rings. The Bertz CT molecular complexity index is 487. The van der Waals surface area contributed by atoms with Crippen molar-refractivity contribution in [3.8, 4) is 0 Å². The van der Waals surface area contributed by atoms with Crippen molar-refractivity contribution < 1.29 is 22.7 Å². The number of sulfonamides is 1. The van der Waals surface area contributed by atoms with Crippen molar-refractivity contribution in [2.75, 3.05) is 32.0 Å². The van der Waals surface area contributed by atoms with Crippen LogP contribution in [0.25, 0.3) is 0 Å². The minimum Gasteiger partial charge on any atom is -0.450 e. The van der Waals surface area contributed by atoms with Gasteiger partial charge >= 0.3 is 6.09 Å². The monoisotopic (exact) mass is 349 g/mol. The van der Waals surface area contributed by atoms with Crippen LogP contribution in [0.2, 0.25) is 0 Å². The number of ether oxygens (including phenoxy) is 1. The molecule has 2 amide bonds. The lowest BCUT2D eigenvalue weighted by Crippen LogP contribution is -2.48. The Hall–Kier alpha value is -1.35. The van der Waals surface area contributed by atoms with Gasteiger partial charge in [0, 0.05) is 19.1 Å². The fourth-order valence-electron chi connectivity index (χ4n) is 2.28. The fourth-order valence-corrected chi connectivity index (χ4v) is 3.45. The third-order valence-corrected chi connectivity index (χ3v) is 5.02. The summed E-state index contributed by atoms with van der Waals surface area (Å²) in [7, 11) is -3.39. The maximum absolute atomic E-state index is 11.8. The van der Waals surface area contributed by atoms with Crippen molar-refractivity contribution in [2.45, 2.75) is 45.6 Å². The van der Waals surface area contributed by atoms with Gasteiger partial charge in [-0.25, -0.2) is 17.9 Å². The van der Waals surface area contributed by atoms with Gasteiger partial charge in [0.2, 0.25) is 15.9 Å². The molecule has 134 valence electrons. The van der Waals surface area contributed by atoms with Crippen LogP contribution in [-0.2, 0) is 19.6 Å². The number of unbranched alkanes of at least 4 members (excludes halogenated alkanes) is 1. The molecular weight excluding hydrogens is 322 g/mol. The second kappa shape index (κ2) is 9.71. The van der Waals surface area contributed by atoms with E-state index in [0.29, 0.717) is 39.0 Å². The predicted octanol–water partition coefficient (Wildman–Crippen LogP) is 0.443. The van der Waals surface area contributed by atoms with Crippen molar-refractivity contribution in [2.24, 2.45) is 0 Å². The van der Waals surface area contributed by atoms with Crippen LogP contribution in [0.5, 0.6) is 0 Å². The lowest BCUT2D eigenvalue weighted by molar-refractivity contribution is -0.120. The summed E-state index contributed by atoms with van der Waals surface area (Å²) < 4.78 is 30.5. The van der Waals surface area contributed by atoms with Gasteiger partial charge in [0.15, 0.2) is 0 Å². The quantitative estimate of drug-likeness (QED) is 0.662. The van der Waals surface area contributed by atoms with E-state index in [1.807, 2.05) is 6.92 Å². The predicted molar refractivity (Wildman–Crippen MR) is 86.5 cm³/mol. The number of carbonyl (C=O) groups excluding carboxylic acids is 2. The second-order valence-electron chi connectivity index (χ2n) is 5.52. The number of hydrogen-bond donors (Lipinski definition) is 2. The number of rotatable bonds is 8. The first-order valence-corrected chi connectivity index (χ1v) is 9.71. The van der Waals surface area contributed by atoms with Crippen LogP contribution < -0.4 is 10.0 Å². The van der Waals surface area contributed by atoms with E-state index in [4.69, 9.17) is 4.74 Å². The van der Waals surface area contributed by atoms with E-state index >= 15 is 0 Å². The van der Waals surface area contributed by atoms with E-state index in [2.05, 4.69) is 10.0 Å². The maximum Gasteiger partial charge on any atom is 0.409 e. The van der Waals surface area contributed by atoms with E-state index in [1.165, 1.54) is 0 Å².